The number of aromatic nitrogens is 4. The summed E-state index contributed by atoms with van der Waals surface area (Å²) in [5, 5.41) is 13.5. The fraction of sp³-hybridized carbons (Fsp3) is 0.609. The molecule has 2 aromatic heterocycles. The largest absolute Gasteiger partial charge is 0.487 e. The van der Waals surface area contributed by atoms with Gasteiger partial charge in [-0.1, -0.05) is 12.8 Å². The number of ether oxygens (including phenoxy) is 2. The highest BCUT2D eigenvalue weighted by Crippen LogP contribution is 2.29. The second-order valence-electron chi connectivity index (χ2n) is 8.92. The highest BCUT2D eigenvalue weighted by Gasteiger charge is 2.28. The molecule has 2 heterocycles. The van der Waals surface area contributed by atoms with Crippen LogP contribution in [-0.4, -0.2) is 61.0 Å². The third-order valence-corrected chi connectivity index (χ3v) is 6.70. The molecule has 33 heavy (non-hydrogen) atoms. The number of amides is 1. The number of aryl methyl sites for hydroxylation is 1. The Morgan fingerprint density at radius 2 is 1.85 bits per heavy atom. The molecule has 2 aromatic rings. The van der Waals surface area contributed by atoms with Crippen LogP contribution in [0, 0.1) is 5.92 Å². The van der Waals surface area contributed by atoms with E-state index in [9.17, 15) is 14.7 Å². The first-order valence-electron chi connectivity index (χ1n) is 11.5. The molecule has 2 aliphatic carbocycles. The highest BCUT2D eigenvalue weighted by atomic mass is 16.6. The standard InChI is InChI=1S/C23H31N5O5/c1-27(16-7-3-4-8-16)23(31)32-14-20-19(13-26-28(20)2)21-24-11-18(12-25-21)33-17-9-5-6-15(10-17)22(29)30/h11-13,15-17H,3-10,14H2,1-2H3,(H,29,30)/t15-,17?/m0/s1. The molecule has 4 rings (SSSR count). The van der Waals surface area contributed by atoms with Crippen LogP contribution >= 0.6 is 0 Å². The van der Waals surface area contributed by atoms with Crippen molar-refractivity contribution in [3.63, 3.8) is 0 Å². The summed E-state index contributed by atoms with van der Waals surface area (Å²) in [6, 6.07) is 0.245. The molecule has 2 atom stereocenters. The molecule has 178 valence electrons. The number of rotatable bonds is 7. The van der Waals surface area contributed by atoms with E-state index in [2.05, 4.69) is 15.1 Å². The van der Waals surface area contributed by atoms with Gasteiger partial charge in [-0.2, -0.15) is 5.10 Å². The predicted molar refractivity (Wildman–Crippen MR) is 118 cm³/mol. The van der Waals surface area contributed by atoms with Gasteiger partial charge in [0.05, 0.1) is 41.9 Å². The number of nitrogens with zero attached hydrogens (tertiary/aromatic N) is 5. The van der Waals surface area contributed by atoms with Crippen molar-refractivity contribution in [3.8, 4) is 17.1 Å². The van der Waals surface area contributed by atoms with Gasteiger partial charge in [-0.3, -0.25) is 9.48 Å². The van der Waals surface area contributed by atoms with Crippen molar-refractivity contribution in [2.24, 2.45) is 13.0 Å². The maximum absolute atomic E-state index is 12.5. The minimum absolute atomic E-state index is 0.0714. The zero-order valence-corrected chi connectivity index (χ0v) is 19.1. The average molecular weight is 458 g/mol. The molecule has 1 N–H and O–H groups in total. The average Bonchev–Trinajstić information content (AvgIpc) is 3.48. The Balaban J connectivity index is 1.38. The molecule has 0 saturated heterocycles. The van der Waals surface area contributed by atoms with E-state index in [1.165, 1.54) is 0 Å². The Hall–Kier alpha value is -3.17. The minimum Gasteiger partial charge on any atom is -0.487 e. The van der Waals surface area contributed by atoms with Crippen molar-refractivity contribution >= 4 is 12.1 Å². The van der Waals surface area contributed by atoms with Gasteiger partial charge in [-0.15, -0.1) is 0 Å². The van der Waals surface area contributed by atoms with Gasteiger partial charge in [0.2, 0.25) is 0 Å². The van der Waals surface area contributed by atoms with E-state index in [1.807, 2.05) is 0 Å². The fourth-order valence-electron chi connectivity index (χ4n) is 4.68. The van der Waals surface area contributed by atoms with E-state index < -0.39 is 5.97 Å². The van der Waals surface area contributed by atoms with Gasteiger partial charge < -0.3 is 19.5 Å². The molecular formula is C23H31N5O5. The Labute approximate surface area is 192 Å². The van der Waals surface area contributed by atoms with E-state index in [0.717, 1.165) is 38.5 Å². The first-order chi connectivity index (χ1) is 15.9. The van der Waals surface area contributed by atoms with Crippen LogP contribution in [-0.2, 0) is 23.2 Å². The number of carboxylic acids is 1. The van der Waals surface area contributed by atoms with Crippen molar-refractivity contribution in [1.82, 2.24) is 24.6 Å². The second kappa shape index (κ2) is 10.2. The molecule has 1 unspecified atom stereocenters. The van der Waals surface area contributed by atoms with Gasteiger partial charge in [0.15, 0.2) is 11.6 Å². The van der Waals surface area contributed by atoms with E-state index in [4.69, 9.17) is 9.47 Å². The summed E-state index contributed by atoms with van der Waals surface area (Å²) in [5.74, 6) is -0.172. The van der Waals surface area contributed by atoms with Crippen LogP contribution in [0.4, 0.5) is 4.79 Å². The molecular weight excluding hydrogens is 426 g/mol. The Morgan fingerprint density at radius 1 is 1.12 bits per heavy atom. The van der Waals surface area contributed by atoms with Crippen molar-refractivity contribution in [1.29, 1.82) is 0 Å². The summed E-state index contributed by atoms with van der Waals surface area (Å²) in [7, 11) is 3.57. The minimum atomic E-state index is -0.769. The monoisotopic (exact) mass is 457 g/mol. The quantitative estimate of drug-likeness (QED) is 0.672. The van der Waals surface area contributed by atoms with Gasteiger partial charge in [0, 0.05) is 20.1 Å². The smallest absolute Gasteiger partial charge is 0.410 e. The molecule has 10 nitrogen and oxygen atoms in total. The summed E-state index contributed by atoms with van der Waals surface area (Å²) < 4.78 is 13.1. The van der Waals surface area contributed by atoms with E-state index >= 15 is 0 Å². The number of hydrogen-bond acceptors (Lipinski definition) is 7. The summed E-state index contributed by atoms with van der Waals surface area (Å²) in [4.78, 5) is 34.2. The number of aliphatic carboxylic acids is 1. The third kappa shape index (κ3) is 5.43. The molecule has 2 saturated carbocycles. The topological polar surface area (TPSA) is 120 Å². The van der Waals surface area contributed by atoms with Crippen LogP contribution in [0.2, 0.25) is 0 Å². The summed E-state index contributed by atoms with van der Waals surface area (Å²) in [6.45, 7) is 0.0714. The number of carboxylic acid groups (broad SMARTS) is 1. The SMILES string of the molecule is CN(C(=O)OCc1c(-c2ncc(OC3CCC[C@H](C(=O)O)C3)cn2)cnn1C)C1CCCC1. The lowest BCUT2D eigenvalue weighted by atomic mass is 9.87. The zero-order valence-electron chi connectivity index (χ0n) is 19.1. The van der Waals surface area contributed by atoms with Crippen molar-refractivity contribution in [2.45, 2.75) is 70.1 Å². The zero-order chi connectivity index (χ0) is 23.4. The maximum atomic E-state index is 12.5. The predicted octanol–water partition coefficient (Wildman–Crippen LogP) is 3.41. The van der Waals surface area contributed by atoms with Crippen molar-refractivity contribution in [3.05, 3.63) is 24.3 Å². The summed E-state index contributed by atoms with van der Waals surface area (Å²) in [5.41, 5.74) is 1.39. The van der Waals surface area contributed by atoms with Crippen LogP contribution in [0.1, 0.15) is 57.1 Å². The molecule has 0 aromatic carbocycles. The fourth-order valence-corrected chi connectivity index (χ4v) is 4.68. The lowest BCUT2D eigenvalue weighted by Crippen LogP contribution is -2.35. The number of carbonyl (C=O) groups is 2. The van der Waals surface area contributed by atoms with E-state index in [1.54, 1.807) is 42.3 Å². The molecule has 0 spiro atoms. The molecule has 0 bridgehead atoms. The Bertz CT molecular complexity index is 970. The van der Waals surface area contributed by atoms with Crippen LogP contribution in [0.25, 0.3) is 11.4 Å². The second-order valence-corrected chi connectivity index (χ2v) is 8.92. The van der Waals surface area contributed by atoms with Gasteiger partial charge in [0.25, 0.3) is 0 Å². The maximum Gasteiger partial charge on any atom is 0.410 e. The highest BCUT2D eigenvalue weighted by molar-refractivity contribution is 5.70. The Morgan fingerprint density at radius 3 is 2.55 bits per heavy atom. The molecule has 1 amide bonds. The molecule has 10 heteroatoms. The third-order valence-electron chi connectivity index (χ3n) is 6.70. The van der Waals surface area contributed by atoms with Crippen LogP contribution in [0.5, 0.6) is 5.75 Å². The van der Waals surface area contributed by atoms with Gasteiger partial charge in [-0.25, -0.2) is 14.8 Å². The van der Waals surface area contributed by atoms with E-state index in [-0.39, 0.29) is 30.8 Å². The molecule has 0 aliphatic heterocycles. The lowest BCUT2D eigenvalue weighted by molar-refractivity contribution is -0.143. The van der Waals surface area contributed by atoms with Crippen LogP contribution in [0.3, 0.4) is 0 Å². The molecule has 2 aliphatic rings. The first-order valence-corrected chi connectivity index (χ1v) is 11.5. The first kappa shape index (κ1) is 23.0. The number of hydrogen-bond donors (Lipinski definition) is 1. The number of carbonyl (C=O) groups excluding carboxylic acids is 1. The van der Waals surface area contributed by atoms with Gasteiger partial charge in [0.1, 0.15) is 6.61 Å². The van der Waals surface area contributed by atoms with E-state index in [0.29, 0.717) is 35.7 Å². The summed E-state index contributed by atoms with van der Waals surface area (Å²) in [6.07, 6.45) is 11.5. The van der Waals surface area contributed by atoms with Crippen molar-refractivity contribution in [2.75, 3.05) is 7.05 Å². The van der Waals surface area contributed by atoms with Gasteiger partial charge >= 0.3 is 12.1 Å². The van der Waals surface area contributed by atoms with Crippen molar-refractivity contribution < 1.29 is 24.2 Å². The summed E-state index contributed by atoms with van der Waals surface area (Å²) >= 11 is 0. The normalized spacial score (nSPS) is 21.0. The molecule has 0 radical (unpaired) electrons. The molecule has 2 fully saturated rings. The lowest BCUT2D eigenvalue weighted by Gasteiger charge is -2.27. The Kier molecular flexibility index (Phi) is 7.10. The van der Waals surface area contributed by atoms with Crippen LogP contribution in [0.15, 0.2) is 18.6 Å². The van der Waals surface area contributed by atoms with Crippen LogP contribution < -0.4 is 4.74 Å². The van der Waals surface area contributed by atoms with Gasteiger partial charge in [-0.05, 0) is 38.5 Å².